The average molecular weight is 300 g/mol. The Balaban J connectivity index is 2.29. The smallest absolute Gasteiger partial charge is 0.304 e. The van der Waals surface area contributed by atoms with Gasteiger partial charge in [-0.15, -0.1) is 0 Å². The van der Waals surface area contributed by atoms with Crippen molar-refractivity contribution in [2.45, 2.75) is 18.9 Å². The highest BCUT2D eigenvalue weighted by Crippen LogP contribution is 2.99. The van der Waals surface area contributed by atoms with Crippen LogP contribution in [0.3, 0.4) is 0 Å². The minimum absolute atomic E-state index is 0.192. The fraction of sp³-hybridized carbons (Fsp3) is 0.333. The van der Waals surface area contributed by atoms with Crippen LogP contribution in [0.2, 0.25) is 0 Å². The molecule has 19 heavy (non-hydrogen) atoms. The zero-order valence-corrected chi connectivity index (χ0v) is 10.9. The van der Waals surface area contributed by atoms with Crippen molar-refractivity contribution in [2.75, 3.05) is 6.61 Å². The second kappa shape index (κ2) is 3.52. The highest BCUT2D eigenvalue weighted by Gasteiger charge is 2.61. The third-order valence-corrected chi connectivity index (χ3v) is 3.69. The van der Waals surface area contributed by atoms with Crippen molar-refractivity contribution in [2.24, 2.45) is 0 Å². The number of benzene rings is 1. The first kappa shape index (κ1) is 14.3. The minimum atomic E-state index is -9.53. The van der Waals surface area contributed by atoms with Gasteiger partial charge in [-0.2, -0.15) is 0 Å². The molecule has 1 unspecified atom stereocenters. The molecule has 7 heteroatoms. The van der Waals surface area contributed by atoms with Crippen molar-refractivity contribution >= 4 is 10.2 Å². The van der Waals surface area contributed by atoms with Crippen molar-refractivity contribution in [3.8, 4) is 0 Å². The maximum atomic E-state index is 12.4. The summed E-state index contributed by atoms with van der Waals surface area (Å²) in [4.78, 5) is 0. The van der Waals surface area contributed by atoms with Crippen LogP contribution in [-0.4, -0.2) is 6.61 Å². The Morgan fingerprint density at radius 1 is 1.11 bits per heavy atom. The third-order valence-electron chi connectivity index (χ3n) is 2.91. The molecule has 1 aromatic rings. The molecule has 0 aliphatic carbocycles. The highest BCUT2D eigenvalue weighted by atomic mass is 32.5. The van der Waals surface area contributed by atoms with Gasteiger partial charge in [0, 0.05) is 6.42 Å². The number of rotatable bonds is 2. The van der Waals surface area contributed by atoms with Gasteiger partial charge in [-0.3, -0.25) is 0 Å². The predicted molar refractivity (Wildman–Crippen MR) is 65.6 cm³/mol. The van der Waals surface area contributed by atoms with Crippen LogP contribution in [-0.2, 0) is 10.3 Å². The predicted octanol–water partition coefficient (Wildman–Crippen LogP) is 5.50. The summed E-state index contributed by atoms with van der Waals surface area (Å²) in [5.74, 6) is 0. The lowest BCUT2D eigenvalue weighted by molar-refractivity contribution is 0.0176. The Hall–Kier alpha value is -1.08. The third kappa shape index (κ3) is 3.94. The van der Waals surface area contributed by atoms with Crippen LogP contribution in [0.4, 0.5) is 19.4 Å². The van der Waals surface area contributed by atoms with Gasteiger partial charge in [0.2, 0.25) is 0 Å². The number of ether oxygens (including phenoxy) is 1. The van der Waals surface area contributed by atoms with Gasteiger partial charge in [-0.25, -0.2) is 0 Å². The molecule has 1 nitrogen and oxygen atoms in total. The second-order valence-electron chi connectivity index (χ2n) is 4.87. The Kier molecular flexibility index (Phi) is 2.65. The summed E-state index contributed by atoms with van der Waals surface area (Å²) >= 11 is 0. The molecule has 0 radical (unpaired) electrons. The molecule has 1 aliphatic heterocycles. The van der Waals surface area contributed by atoms with Crippen LogP contribution in [0.5, 0.6) is 0 Å². The van der Waals surface area contributed by atoms with Crippen molar-refractivity contribution in [3.63, 3.8) is 0 Å². The molecule has 2 rings (SSSR count). The van der Waals surface area contributed by atoms with Crippen LogP contribution >= 0.6 is 10.2 Å². The van der Waals surface area contributed by atoms with Crippen LogP contribution in [0.15, 0.2) is 41.3 Å². The molecule has 1 fully saturated rings. The number of halogens is 5. The molecule has 1 atom stereocenters. The van der Waals surface area contributed by atoms with Crippen molar-refractivity contribution in [3.05, 3.63) is 46.9 Å². The van der Waals surface area contributed by atoms with Gasteiger partial charge < -0.3 is 4.74 Å². The van der Waals surface area contributed by atoms with E-state index in [4.69, 9.17) is 4.74 Å². The lowest BCUT2D eigenvalue weighted by Crippen LogP contribution is -2.19. The lowest BCUT2D eigenvalue weighted by Gasteiger charge is -2.37. The van der Waals surface area contributed by atoms with Gasteiger partial charge in [0.05, 0.1) is 17.6 Å². The fourth-order valence-electron chi connectivity index (χ4n) is 2.15. The monoisotopic (exact) mass is 300 g/mol. The minimum Gasteiger partial charge on any atom is -0.366 e. The SMILES string of the molecule is CC1(c2ccccc2)C/C(=C\S(F)(F)(F)(F)F)CO1. The number of hydrogen-bond donors (Lipinski definition) is 0. The molecule has 0 spiro atoms. The van der Waals surface area contributed by atoms with E-state index in [0.717, 1.165) is 0 Å². The quantitative estimate of drug-likeness (QED) is 0.655. The number of hydrogen-bond acceptors (Lipinski definition) is 1. The Bertz CT molecular complexity index is 522. The summed E-state index contributed by atoms with van der Waals surface area (Å²) in [5, 5.41) is -0.825. The highest BCUT2D eigenvalue weighted by molar-refractivity contribution is 8.48. The topological polar surface area (TPSA) is 9.23 Å². The summed E-state index contributed by atoms with van der Waals surface area (Å²) in [6.07, 6.45) is -0.192. The maximum absolute atomic E-state index is 12.4. The molecule has 1 saturated heterocycles. The summed E-state index contributed by atoms with van der Waals surface area (Å²) in [5.41, 5.74) is -0.748. The first-order chi connectivity index (χ1) is 8.37. The van der Waals surface area contributed by atoms with Crippen LogP contribution in [0, 0.1) is 0 Å². The Labute approximate surface area is 107 Å². The van der Waals surface area contributed by atoms with E-state index >= 15 is 0 Å². The molecule has 108 valence electrons. The van der Waals surface area contributed by atoms with Gasteiger partial charge in [-0.1, -0.05) is 49.8 Å². The van der Waals surface area contributed by atoms with Gasteiger partial charge >= 0.3 is 10.2 Å². The van der Waals surface area contributed by atoms with Gasteiger partial charge in [0.1, 0.15) is 0 Å². The summed E-state index contributed by atoms with van der Waals surface area (Å²) in [6.45, 7) is 1.16. The van der Waals surface area contributed by atoms with E-state index in [-0.39, 0.29) is 6.42 Å². The maximum Gasteiger partial charge on any atom is 0.304 e. The van der Waals surface area contributed by atoms with E-state index in [1.54, 1.807) is 37.3 Å². The van der Waals surface area contributed by atoms with E-state index in [2.05, 4.69) is 0 Å². The molecule has 0 aromatic heterocycles. The molecule has 1 heterocycles. The normalized spacial score (nSPS) is 30.1. The Morgan fingerprint density at radius 3 is 2.21 bits per heavy atom. The molecule has 1 aliphatic rings. The summed E-state index contributed by atoms with van der Waals surface area (Å²) in [7, 11) is -9.53. The van der Waals surface area contributed by atoms with Crippen molar-refractivity contribution in [1.82, 2.24) is 0 Å². The van der Waals surface area contributed by atoms with Gasteiger partial charge in [-0.05, 0) is 18.1 Å². The van der Waals surface area contributed by atoms with Crippen LogP contribution < -0.4 is 0 Å². The van der Waals surface area contributed by atoms with E-state index in [1.807, 2.05) is 0 Å². The lowest BCUT2D eigenvalue weighted by atomic mass is 9.92. The van der Waals surface area contributed by atoms with E-state index in [0.29, 0.717) is 5.56 Å². The van der Waals surface area contributed by atoms with Gasteiger partial charge in [0.25, 0.3) is 0 Å². The second-order valence-corrected chi connectivity index (χ2v) is 7.16. The largest absolute Gasteiger partial charge is 0.366 e. The first-order valence-corrected chi connectivity index (χ1v) is 7.52. The van der Waals surface area contributed by atoms with Crippen LogP contribution in [0.25, 0.3) is 0 Å². The molecule has 0 bridgehead atoms. The van der Waals surface area contributed by atoms with Crippen molar-refractivity contribution in [1.29, 1.82) is 0 Å². The zero-order chi connectivity index (χ0) is 14.4. The van der Waals surface area contributed by atoms with Gasteiger partial charge in [0.15, 0.2) is 0 Å². The first-order valence-electron chi connectivity index (χ1n) is 5.51. The summed E-state index contributed by atoms with van der Waals surface area (Å²) in [6, 6.07) is 8.59. The molecule has 1 aromatic carbocycles. The van der Waals surface area contributed by atoms with Crippen LogP contribution in [0.1, 0.15) is 18.9 Å². The molecule has 0 N–H and O–H groups in total. The van der Waals surface area contributed by atoms with E-state index in [9.17, 15) is 19.4 Å². The van der Waals surface area contributed by atoms with E-state index < -0.39 is 33.4 Å². The molecule has 0 amide bonds. The van der Waals surface area contributed by atoms with Crippen molar-refractivity contribution < 1.29 is 24.2 Å². The van der Waals surface area contributed by atoms with E-state index in [1.165, 1.54) is 0 Å². The fourth-order valence-corrected chi connectivity index (χ4v) is 2.94. The molecule has 0 saturated carbocycles. The zero-order valence-electron chi connectivity index (χ0n) is 10.1. The molecular weight excluding hydrogens is 287 g/mol. The molecular formula is C12H13F5OS. The summed E-state index contributed by atoms with van der Waals surface area (Å²) < 4.78 is 67.2. The average Bonchev–Trinajstić information content (AvgIpc) is 2.58. The standard InChI is InChI=1S/C12H13F5OS/c1-12(11-5-3-2-4-6-11)7-10(8-18-12)9-19(13,14,15,16)17/h2-6,9H,7-8H2,1H3/b10-9+. The Morgan fingerprint density at radius 2 is 1.68 bits per heavy atom.